The first-order valence-corrected chi connectivity index (χ1v) is 5.81. The quantitative estimate of drug-likeness (QED) is 0.735. The molecule has 0 fully saturated rings. The van der Waals surface area contributed by atoms with Crippen LogP contribution in [0.15, 0.2) is 24.3 Å². The van der Waals surface area contributed by atoms with Gasteiger partial charge in [0.1, 0.15) is 9.88 Å². The Morgan fingerprint density at radius 1 is 1.06 bits per heavy atom. The molecule has 1 nitrogen and oxygen atoms in total. The van der Waals surface area contributed by atoms with Gasteiger partial charge >= 0.3 is 6.18 Å². The summed E-state index contributed by atoms with van der Waals surface area (Å²) in [5.41, 5.74) is 1.83. The minimum Gasteiger partial charge on any atom is -0.241 e. The van der Waals surface area contributed by atoms with Crippen LogP contribution in [0.5, 0.6) is 0 Å². The molecule has 0 saturated carbocycles. The van der Waals surface area contributed by atoms with Gasteiger partial charge in [0.15, 0.2) is 0 Å². The maximum Gasteiger partial charge on any atom is 0.427 e. The number of aromatic nitrogens is 1. The molecule has 17 heavy (non-hydrogen) atoms. The molecule has 1 aromatic carbocycles. The highest BCUT2D eigenvalue weighted by atomic mass is 32.1. The minimum atomic E-state index is -4.31. The highest BCUT2D eigenvalue weighted by Crippen LogP contribution is 2.39. The minimum absolute atomic E-state index is 0.0399. The number of thiazole rings is 1. The van der Waals surface area contributed by atoms with Gasteiger partial charge in [0.25, 0.3) is 0 Å². The Bertz CT molecular complexity index is 526. The number of nitrogens with zero attached hydrogens (tertiary/aromatic N) is 1. The van der Waals surface area contributed by atoms with E-state index in [9.17, 15) is 13.2 Å². The number of aryl methyl sites for hydroxylation is 2. The van der Waals surface area contributed by atoms with Crippen LogP contribution in [0.3, 0.4) is 0 Å². The number of halogens is 3. The highest BCUT2D eigenvalue weighted by molar-refractivity contribution is 7.15. The fourth-order valence-electron chi connectivity index (χ4n) is 1.48. The van der Waals surface area contributed by atoms with Crippen molar-refractivity contribution in [2.24, 2.45) is 0 Å². The van der Waals surface area contributed by atoms with Crippen LogP contribution in [0.2, 0.25) is 0 Å². The van der Waals surface area contributed by atoms with Crippen molar-refractivity contribution in [3.63, 3.8) is 0 Å². The molecular formula is C12H10F3NS. The number of rotatable bonds is 1. The number of alkyl halides is 3. The van der Waals surface area contributed by atoms with Crippen LogP contribution in [0, 0.1) is 13.8 Å². The Morgan fingerprint density at radius 3 is 2.12 bits per heavy atom. The Kier molecular flexibility index (Phi) is 2.95. The lowest BCUT2D eigenvalue weighted by atomic mass is 10.2. The Labute approximate surface area is 101 Å². The lowest BCUT2D eigenvalue weighted by Gasteiger charge is -2.01. The molecule has 0 radical (unpaired) electrons. The first-order chi connectivity index (χ1) is 7.88. The molecule has 0 aliphatic carbocycles. The van der Waals surface area contributed by atoms with Crippen LogP contribution in [0.4, 0.5) is 13.2 Å². The van der Waals surface area contributed by atoms with Gasteiger partial charge in [0, 0.05) is 5.56 Å². The van der Waals surface area contributed by atoms with E-state index in [2.05, 4.69) is 4.98 Å². The summed E-state index contributed by atoms with van der Waals surface area (Å²) < 4.78 is 37.8. The predicted molar refractivity (Wildman–Crippen MR) is 62.0 cm³/mol. The van der Waals surface area contributed by atoms with E-state index in [1.165, 1.54) is 6.92 Å². The van der Waals surface area contributed by atoms with E-state index >= 15 is 0 Å². The molecular weight excluding hydrogens is 247 g/mol. The maximum absolute atomic E-state index is 12.6. The molecule has 0 aliphatic rings. The van der Waals surface area contributed by atoms with Crippen molar-refractivity contribution in [1.29, 1.82) is 0 Å². The van der Waals surface area contributed by atoms with Gasteiger partial charge in [-0.2, -0.15) is 13.2 Å². The molecule has 0 aliphatic heterocycles. The fraction of sp³-hybridized carbons (Fsp3) is 0.250. The summed E-state index contributed by atoms with van der Waals surface area (Å²) >= 11 is 0.689. The SMILES string of the molecule is Cc1ccc(-c2nc(C)c(C(F)(F)F)s2)cc1. The monoisotopic (exact) mass is 257 g/mol. The summed E-state index contributed by atoms with van der Waals surface area (Å²) in [6.45, 7) is 3.31. The van der Waals surface area contributed by atoms with Gasteiger partial charge in [-0.25, -0.2) is 4.98 Å². The molecule has 2 rings (SSSR count). The molecule has 90 valence electrons. The van der Waals surface area contributed by atoms with Crippen molar-refractivity contribution in [3.05, 3.63) is 40.4 Å². The average molecular weight is 257 g/mol. The van der Waals surface area contributed by atoms with Gasteiger partial charge in [-0.05, 0) is 13.8 Å². The third kappa shape index (κ3) is 2.49. The molecule has 0 spiro atoms. The van der Waals surface area contributed by atoms with Crippen LogP contribution in [-0.2, 0) is 6.18 Å². The molecule has 5 heteroatoms. The summed E-state index contributed by atoms with van der Waals surface area (Å²) in [5, 5.41) is 0.412. The molecule has 0 bridgehead atoms. The van der Waals surface area contributed by atoms with Crippen molar-refractivity contribution in [1.82, 2.24) is 4.98 Å². The summed E-state index contributed by atoms with van der Waals surface area (Å²) in [4.78, 5) is 3.36. The van der Waals surface area contributed by atoms with E-state index in [1.807, 2.05) is 19.1 Å². The molecule has 0 unspecified atom stereocenters. The van der Waals surface area contributed by atoms with E-state index < -0.39 is 11.1 Å². The fourth-order valence-corrected chi connectivity index (χ4v) is 2.42. The zero-order chi connectivity index (χ0) is 12.6. The van der Waals surface area contributed by atoms with Crippen LogP contribution >= 0.6 is 11.3 Å². The van der Waals surface area contributed by atoms with Crippen molar-refractivity contribution >= 4 is 11.3 Å². The van der Waals surface area contributed by atoms with E-state index in [-0.39, 0.29) is 5.69 Å². The van der Waals surface area contributed by atoms with Gasteiger partial charge in [0.05, 0.1) is 5.69 Å². The highest BCUT2D eigenvalue weighted by Gasteiger charge is 2.35. The first-order valence-electron chi connectivity index (χ1n) is 4.99. The standard InChI is InChI=1S/C12H10F3NS/c1-7-3-5-9(6-4-7)11-16-8(2)10(17-11)12(13,14)15/h3-6H,1-2H3. The number of hydrogen-bond donors (Lipinski definition) is 0. The van der Waals surface area contributed by atoms with Gasteiger partial charge < -0.3 is 0 Å². The van der Waals surface area contributed by atoms with Gasteiger partial charge in [-0.15, -0.1) is 11.3 Å². The summed E-state index contributed by atoms with van der Waals surface area (Å²) in [7, 11) is 0. The lowest BCUT2D eigenvalue weighted by Crippen LogP contribution is -2.03. The molecule has 0 N–H and O–H groups in total. The smallest absolute Gasteiger partial charge is 0.241 e. The molecule has 1 aromatic heterocycles. The van der Waals surface area contributed by atoms with E-state index in [4.69, 9.17) is 0 Å². The summed E-state index contributed by atoms with van der Waals surface area (Å²) in [6, 6.07) is 7.29. The van der Waals surface area contributed by atoms with Crippen molar-refractivity contribution in [3.8, 4) is 10.6 Å². The van der Waals surface area contributed by atoms with Gasteiger partial charge in [-0.1, -0.05) is 29.8 Å². The zero-order valence-corrected chi connectivity index (χ0v) is 10.1. The third-order valence-corrected chi connectivity index (χ3v) is 3.60. The van der Waals surface area contributed by atoms with Crippen LogP contribution < -0.4 is 0 Å². The second kappa shape index (κ2) is 4.14. The van der Waals surface area contributed by atoms with E-state index in [1.54, 1.807) is 12.1 Å². The summed E-state index contributed by atoms with van der Waals surface area (Å²) in [6.07, 6.45) is -4.31. The second-order valence-electron chi connectivity index (χ2n) is 3.80. The molecule has 1 heterocycles. The largest absolute Gasteiger partial charge is 0.427 e. The second-order valence-corrected chi connectivity index (χ2v) is 4.80. The van der Waals surface area contributed by atoms with E-state index in [0.29, 0.717) is 16.3 Å². The normalized spacial score (nSPS) is 11.8. The Hall–Kier alpha value is -1.36. The average Bonchev–Trinajstić information content (AvgIpc) is 2.61. The van der Waals surface area contributed by atoms with Crippen LogP contribution in [0.25, 0.3) is 10.6 Å². The van der Waals surface area contributed by atoms with Crippen LogP contribution in [-0.4, -0.2) is 4.98 Å². The molecule has 0 saturated heterocycles. The van der Waals surface area contributed by atoms with Crippen molar-refractivity contribution in [2.75, 3.05) is 0 Å². The molecule has 2 aromatic rings. The van der Waals surface area contributed by atoms with Gasteiger partial charge in [0.2, 0.25) is 0 Å². The topological polar surface area (TPSA) is 12.9 Å². The number of hydrogen-bond acceptors (Lipinski definition) is 2. The van der Waals surface area contributed by atoms with Gasteiger partial charge in [-0.3, -0.25) is 0 Å². The predicted octanol–water partition coefficient (Wildman–Crippen LogP) is 4.45. The Balaban J connectivity index is 2.45. The van der Waals surface area contributed by atoms with Crippen molar-refractivity contribution < 1.29 is 13.2 Å². The zero-order valence-electron chi connectivity index (χ0n) is 9.30. The molecule has 0 amide bonds. The summed E-state index contributed by atoms with van der Waals surface area (Å²) in [5.74, 6) is 0. The number of benzene rings is 1. The molecule has 0 atom stereocenters. The first kappa shape index (κ1) is 12.1. The van der Waals surface area contributed by atoms with E-state index in [0.717, 1.165) is 11.1 Å². The Morgan fingerprint density at radius 2 is 1.65 bits per heavy atom. The third-order valence-electron chi connectivity index (χ3n) is 2.35. The maximum atomic E-state index is 12.6. The van der Waals surface area contributed by atoms with Crippen LogP contribution in [0.1, 0.15) is 16.1 Å². The lowest BCUT2D eigenvalue weighted by molar-refractivity contribution is -0.134. The van der Waals surface area contributed by atoms with Crippen molar-refractivity contribution in [2.45, 2.75) is 20.0 Å².